The molecule has 0 saturated carbocycles. The Morgan fingerprint density at radius 3 is 2.34 bits per heavy atom. The molecule has 10 heteroatoms. The average molecular weight is 480 g/mol. The Hall–Kier alpha value is -4.08. The summed E-state index contributed by atoms with van der Waals surface area (Å²) in [6.45, 7) is 2.06. The minimum absolute atomic E-state index is 0.0282. The predicted molar refractivity (Wildman–Crippen MR) is 129 cm³/mol. The van der Waals surface area contributed by atoms with Crippen LogP contribution in [0.4, 0.5) is 0 Å². The largest absolute Gasteiger partial charge is 0.506 e. The monoisotopic (exact) mass is 479 g/mol. The van der Waals surface area contributed by atoms with Crippen LogP contribution in [0, 0.1) is 0 Å². The third kappa shape index (κ3) is 4.77. The lowest BCUT2D eigenvalue weighted by atomic mass is 9.95. The lowest BCUT2D eigenvalue weighted by molar-refractivity contribution is 0.395. The highest BCUT2D eigenvalue weighted by atomic mass is 16.5. The smallest absolute Gasteiger partial charge is 0.256 e. The van der Waals surface area contributed by atoms with Crippen molar-refractivity contribution in [3.8, 4) is 45.7 Å². The van der Waals surface area contributed by atoms with Gasteiger partial charge in [-0.25, -0.2) is 9.97 Å². The Morgan fingerprint density at radius 1 is 0.971 bits per heavy atom. The van der Waals surface area contributed by atoms with Gasteiger partial charge in [-0.15, -0.1) is 10.2 Å². The van der Waals surface area contributed by atoms with Crippen LogP contribution in [0.5, 0.6) is 23.1 Å². The maximum absolute atomic E-state index is 11.5. The van der Waals surface area contributed by atoms with Gasteiger partial charge in [0, 0.05) is 32.3 Å². The van der Waals surface area contributed by atoms with Crippen LogP contribution in [-0.2, 0) is 26.3 Å². The number of pyridine rings is 1. The van der Waals surface area contributed by atoms with Gasteiger partial charge < -0.3 is 28.7 Å². The van der Waals surface area contributed by atoms with E-state index in [2.05, 4.69) is 27.1 Å². The Balaban J connectivity index is 1.80. The van der Waals surface area contributed by atoms with Crippen LogP contribution < -0.4 is 9.47 Å². The van der Waals surface area contributed by atoms with E-state index in [0.29, 0.717) is 53.5 Å². The molecular weight excluding hydrogens is 450 g/mol. The van der Waals surface area contributed by atoms with Crippen molar-refractivity contribution in [2.45, 2.75) is 39.0 Å². The number of hydrogen-bond donors (Lipinski definition) is 2. The summed E-state index contributed by atoms with van der Waals surface area (Å²) in [4.78, 5) is 8.72. The van der Waals surface area contributed by atoms with E-state index in [1.165, 1.54) is 0 Å². The SMILES string of the molecule is CCCCc1nc(O)c(-c2nnc(CCc3nccn3C)o2)c(O)c1-c1c(OC)cccc1OC. The maximum Gasteiger partial charge on any atom is 0.256 e. The molecule has 0 saturated heterocycles. The second-order valence-corrected chi connectivity index (χ2v) is 8.08. The van der Waals surface area contributed by atoms with Crippen LogP contribution in [0.3, 0.4) is 0 Å². The van der Waals surface area contributed by atoms with Crippen molar-refractivity contribution < 1.29 is 24.1 Å². The van der Waals surface area contributed by atoms with Crippen molar-refractivity contribution >= 4 is 0 Å². The lowest BCUT2D eigenvalue weighted by Crippen LogP contribution is -2.01. The van der Waals surface area contributed by atoms with Gasteiger partial charge >= 0.3 is 0 Å². The van der Waals surface area contributed by atoms with Crippen LogP contribution in [-0.4, -0.2) is 49.2 Å². The molecule has 4 aromatic rings. The first-order chi connectivity index (χ1) is 17.0. The highest BCUT2D eigenvalue weighted by molar-refractivity contribution is 5.88. The molecule has 4 rings (SSSR count). The van der Waals surface area contributed by atoms with Gasteiger partial charge in [0.25, 0.3) is 5.89 Å². The number of benzene rings is 1. The highest BCUT2D eigenvalue weighted by Gasteiger charge is 2.28. The van der Waals surface area contributed by atoms with E-state index in [4.69, 9.17) is 13.9 Å². The van der Waals surface area contributed by atoms with Gasteiger partial charge in [-0.3, -0.25) is 0 Å². The van der Waals surface area contributed by atoms with Crippen molar-refractivity contribution in [2.75, 3.05) is 14.2 Å². The molecule has 0 aliphatic rings. The Bertz CT molecular complexity index is 1290. The first kappa shape index (κ1) is 24.1. The van der Waals surface area contributed by atoms with E-state index in [0.717, 1.165) is 18.7 Å². The zero-order valence-corrected chi connectivity index (χ0v) is 20.3. The number of aromatic nitrogens is 5. The van der Waals surface area contributed by atoms with Crippen LogP contribution in [0.2, 0.25) is 0 Å². The molecule has 0 fully saturated rings. The zero-order chi connectivity index (χ0) is 24.9. The molecule has 184 valence electrons. The number of ether oxygens (including phenoxy) is 2. The molecule has 0 aliphatic heterocycles. The molecule has 1 aromatic carbocycles. The molecule has 0 aliphatic carbocycles. The summed E-state index contributed by atoms with van der Waals surface area (Å²) in [7, 11) is 5.00. The summed E-state index contributed by atoms with van der Waals surface area (Å²) in [5.41, 5.74) is 1.41. The fourth-order valence-corrected chi connectivity index (χ4v) is 4.00. The van der Waals surface area contributed by atoms with Crippen molar-refractivity contribution in [1.82, 2.24) is 24.7 Å². The van der Waals surface area contributed by atoms with Crippen molar-refractivity contribution in [3.05, 3.63) is 48.0 Å². The van der Waals surface area contributed by atoms with Crippen LogP contribution in [0.25, 0.3) is 22.6 Å². The summed E-state index contributed by atoms with van der Waals surface area (Å²) in [6, 6.07) is 5.34. The summed E-state index contributed by atoms with van der Waals surface area (Å²) in [5, 5.41) is 30.4. The number of methoxy groups -OCH3 is 2. The first-order valence-corrected chi connectivity index (χ1v) is 11.4. The highest BCUT2D eigenvalue weighted by Crippen LogP contribution is 2.49. The van der Waals surface area contributed by atoms with Gasteiger partial charge in [0.15, 0.2) is 0 Å². The van der Waals surface area contributed by atoms with E-state index in [1.807, 2.05) is 17.8 Å². The third-order valence-corrected chi connectivity index (χ3v) is 5.84. The van der Waals surface area contributed by atoms with Crippen molar-refractivity contribution in [2.24, 2.45) is 7.05 Å². The quantitative estimate of drug-likeness (QED) is 0.345. The molecule has 2 N–H and O–H groups in total. The van der Waals surface area contributed by atoms with Gasteiger partial charge in [0.1, 0.15) is 28.6 Å². The normalized spacial score (nSPS) is 11.1. The van der Waals surface area contributed by atoms with E-state index in [9.17, 15) is 10.2 Å². The van der Waals surface area contributed by atoms with E-state index in [-0.39, 0.29) is 23.1 Å². The number of hydrogen-bond acceptors (Lipinski definition) is 9. The second-order valence-electron chi connectivity index (χ2n) is 8.08. The molecular formula is C25H29N5O5. The summed E-state index contributed by atoms with van der Waals surface area (Å²) in [6.07, 6.45) is 6.90. The Morgan fingerprint density at radius 2 is 1.71 bits per heavy atom. The number of rotatable bonds is 10. The molecule has 0 bridgehead atoms. The number of unbranched alkanes of at least 4 members (excludes halogenated alkanes) is 1. The van der Waals surface area contributed by atoms with Gasteiger partial charge in [-0.1, -0.05) is 19.4 Å². The molecule has 0 spiro atoms. The average Bonchev–Trinajstić information content (AvgIpc) is 3.49. The first-order valence-electron chi connectivity index (χ1n) is 11.4. The molecule has 0 atom stereocenters. The number of imidazole rings is 1. The molecule has 35 heavy (non-hydrogen) atoms. The maximum atomic E-state index is 11.5. The second kappa shape index (κ2) is 10.5. The fraction of sp³-hybridized carbons (Fsp3) is 0.360. The van der Waals surface area contributed by atoms with Crippen molar-refractivity contribution in [1.29, 1.82) is 0 Å². The minimum Gasteiger partial charge on any atom is -0.506 e. The van der Waals surface area contributed by atoms with Crippen LogP contribution in [0.15, 0.2) is 35.0 Å². The molecule has 0 unspecified atom stereocenters. The molecule has 3 aromatic heterocycles. The zero-order valence-electron chi connectivity index (χ0n) is 20.3. The predicted octanol–water partition coefficient (Wildman–Crippen LogP) is 4.09. The third-order valence-electron chi connectivity index (χ3n) is 5.84. The minimum atomic E-state index is -0.384. The van der Waals surface area contributed by atoms with E-state index in [1.54, 1.807) is 38.6 Å². The number of aromatic hydroxyl groups is 2. The van der Waals surface area contributed by atoms with Crippen molar-refractivity contribution in [3.63, 3.8) is 0 Å². The Labute approximate surface area is 203 Å². The van der Waals surface area contributed by atoms with Gasteiger partial charge in [-0.05, 0) is 25.0 Å². The topological polar surface area (TPSA) is 129 Å². The fourth-order valence-electron chi connectivity index (χ4n) is 4.00. The van der Waals surface area contributed by atoms with E-state index >= 15 is 0 Å². The summed E-state index contributed by atoms with van der Waals surface area (Å²) >= 11 is 0. The van der Waals surface area contributed by atoms with Crippen LogP contribution in [0.1, 0.15) is 37.2 Å². The molecule has 10 nitrogen and oxygen atoms in total. The summed E-state index contributed by atoms with van der Waals surface area (Å²) in [5.74, 6) is 1.58. The van der Waals surface area contributed by atoms with Gasteiger partial charge in [0.2, 0.25) is 11.8 Å². The standard InChI is InChI=1S/C25H29N5O5/c1-5-6-8-15-20(21-16(33-3)9-7-10-17(21)34-4)23(31)22(24(32)27-15)25-29-28-19(35-25)12-11-18-26-13-14-30(18)2/h7,9-10,13-14H,5-6,8,11-12H2,1-4H3,(H2,27,31,32). The summed E-state index contributed by atoms with van der Waals surface area (Å²) < 4.78 is 18.9. The number of nitrogens with zero attached hydrogens (tertiary/aromatic N) is 5. The van der Waals surface area contributed by atoms with Gasteiger partial charge in [0.05, 0.1) is 31.0 Å². The number of aryl methyl sites for hydroxylation is 4. The molecule has 3 heterocycles. The lowest BCUT2D eigenvalue weighted by Gasteiger charge is -2.18. The molecule has 0 radical (unpaired) electrons. The van der Waals surface area contributed by atoms with Gasteiger partial charge in [-0.2, -0.15) is 0 Å². The van der Waals surface area contributed by atoms with E-state index < -0.39 is 0 Å². The molecule has 0 amide bonds. The Kier molecular flexibility index (Phi) is 7.19. The van der Waals surface area contributed by atoms with Crippen LogP contribution >= 0.6 is 0 Å².